The summed E-state index contributed by atoms with van der Waals surface area (Å²) in [5.74, 6) is 1.28. The summed E-state index contributed by atoms with van der Waals surface area (Å²) in [5.41, 5.74) is 1.98. The van der Waals surface area contributed by atoms with E-state index < -0.39 is 0 Å². The Kier molecular flexibility index (Phi) is 8.11. The first-order chi connectivity index (χ1) is 16.7. The number of ketones is 1. The predicted octanol–water partition coefficient (Wildman–Crippen LogP) is 4.74. The molecule has 0 saturated carbocycles. The van der Waals surface area contributed by atoms with Gasteiger partial charge in [-0.1, -0.05) is 6.42 Å². The maximum absolute atomic E-state index is 13.6. The van der Waals surface area contributed by atoms with Gasteiger partial charge in [0, 0.05) is 25.7 Å². The molecule has 8 nitrogen and oxygen atoms in total. The molecule has 0 unspecified atom stereocenters. The van der Waals surface area contributed by atoms with Gasteiger partial charge in [-0.3, -0.25) is 14.4 Å². The number of fused-ring (bicyclic) bond motifs is 1. The van der Waals surface area contributed by atoms with E-state index in [0.717, 1.165) is 31.7 Å². The van der Waals surface area contributed by atoms with Gasteiger partial charge in [0.25, 0.3) is 0 Å². The first kappa shape index (κ1) is 24.1. The Labute approximate surface area is 200 Å². The Morgan fingerprint density at radius 2 is 1.94 bits per heavy atom. The highest BCUT2D eigenvalue weighted by molar-refractivity contribution is 6.09. The van der Waals surface area contributed by atoms with Gasteiger partial charge in [-0.15, -0.1) is 0 Å². The molecule has 3 aromatic rings. The molecule has 8 heteroatoms. The summed E-state index contributed by atoms with van der Waals surface area (Å²) in [5, 5.41) is 5.03. The largest absolute Gasteiger partial charge is 0.492 e. The summed E-state index contributed by atoms with van der Waals surface area (Å²) >= 11 is 0. The van der Waals surface area contributed by atoms with Gasteiger partial charge in [0.05, 0.1) is 31.6 Å². The fourth-order valence-corrected chi connectivity index (χ4v) is 4.54. The van der Waals surface area contributed by atoms with Gasteiger partial charge in [0.15, 0.2) is 17.1 Å². The van der Waals surface area contributed by atoms with E-state index in [-0.39, 0.29) is 5.78 Å². The van der Waals surface area contributed by atoms with E-state index in [2.05, 4.69) is 10.00 Å². The summed E-state index contributed by atoms with van der Waals surface area (Å²) in [6.07, 6.45) is 9.99. The molecular weight excluding hydrogens is 434 g/mol. The minimum atomic E-state index is -0.0536. The van der Waals surface area contributed by atoms with Crippen LogP contribution in [-0.2, 0) is 13.0 Å². The Bertz CT molecular complexity index is 1100. The van der Waals surface area contributed by atoms with Crippen molar-refractivity contribution < 1.29 is 23.4 Å². The zero-order valence-electron chi connectivity index (χ0n) is 20.5. The molecule has 0 amide bonds. The average molecular weight is 470 g/mol. The van der Waals surface area contributed by atoms with Crippen LogP contribution in [0.5, 0.6) is 17.2 Å². The van der Waals surface area contributed by atoms with Gasteiger partial charge in [-0.25, -0.2) is 0 Å². The van der Waals surface area contributed by atoms with E-state index in [4.69, 9.17) is 18.6 Å². The number of aryl methyl sites for hydroxylation is 2. The highest BCUT2D eigenvalue weighted by Crippen LogP contribution is 2.47. The number of furan rings is 1. The van der Waals surface area contributed by atoms with Crippen molar-refractivity contribution in [2.75, 3.05) is 40.0 Å². The molecule has 0 atom stereocenters. The monoisotopic (exact) mass is 469 g/mol. The van der Waals surface area contributed by atoms with E-state index in [1.165, 1.54) is 19.3 Å². The smallest absolute Gasteiger partial charge is 0.205 e. The lowest BCUT2D eigenvalue weighted by molar-refractivity contribution is 0.0973. The molecule has 1 saturated heterocycles. The molecule has 1 aliphatic heterocycles. The summed E-state index contributed by atoms with van der Waals surface area (Å²) < 4.78 is 25.6. The summed E-state index contributed by atoms with van der Waals surface area (Å²) in [6.45, 7) is 8.58. The van der Waals surface area contributed by atoms with Crippen molar-refractivity contribution >= 4 is 16.8 Å². The normalized spacial score (nSPS) is 14.4. The second-order valence-corrected chi connectivity index (χ2v) is 8.54. The fourth-order valence-electron chi connectivity index (χ4n) is 4.54. The van der Waals surface area contributed by atoms with E-state index in [1.807, 2.05) is 37.0 Å². The van der Waals surface area contributed by atoms with Crippen molar-refractivity contribution in [2.24, 2.45) is 0 Å². The van der Waals surface area contributed by atoms with E-state index in [1.54, 1.807) is 13.4 Å². The molecule has 0 spiro atoms. The molecule has 0 aliphatic carbocycles. The van der Waals surface area contributed by atoms with Gasteiger partial charge in [0.2, 0.25) is 5.75 Å². The fraction of sp³-hybridized carbons (Fsp3) is 0.538. The minimum Gasteiger partial charge on any atom is -0.492 e. The SMILES string of the molecule is CCOc1c(C(=O)CCc2cnn(CC)c2)c(OCCN2CCCCC2)c(OC)c2occc12. The number of hydrogen-bond acceptors (Lipinski definition) is 7. The number of rotatable bonds is 12. The third-order valence-corrected chi connectivity index (χ3v) is 6.30. The zero-order valence-corrected chi connectivity index (χ0v) is 20.5. The van der Waals surface area contributed by atoms with Crippen LogP contribution in [-0.4, -0.2) is 60.4 Å². The molecule has 4 rings (SSSR count). The van der Waals surface area contributed by atoms with Crippen LogP contribution in [0.1, 0.15) is 55.5 Å². The standard InChI is InChI=1S/C26H35N3O5/c1-4-29-18-19(17-27-29)9-10-21(30)22-23(32-5-2)20-11-15-33-24(20)26(31-3)25(22)34-16-14-28-12-7-6-8-13-28/h11,15,17-18H,4-10,12-14,16H2,1-3H3. The number of aromatic nitrogens is 2. The van der Waals surface area contributed by atoms with Crippen LogP contribution in [0, 0.1) is 0 Å². The van der Waals surface area contributed by atoms with Crippen molar-refractivity contribution in [3.05, 3.63) is 35.9 Å². The summed E-state index contributed by atoms with van der Waals surface area (Å²) in [4.78, 5) is 16.0. The lowest BCUT2D eigenvalue weighted by Crippen LogP contribution is -2.33. The second-order valence-electron chi connectivity index (χ2n) is 8.54. The number of piperidine rings is 1. The van der Waals surface area contributed by atoms with Gasteiger partial charge in [-0.05, 0) is 57.8 Å². The van der Waals surface area contributed by atoms with E-state index in [0.29, 0.717) is 59.8 Å². The molecule has 0 radical (unpaired) electrons. The lowest BCUT2D eigenvalue weighted by Gasteiger charge is -2.26. The maximum atomic E-state index is 13.6. The quantitative estimate of drug-likeness (QED) is 0.355. The summed E-state index contributed by atoms with van der Waals surface area (Å²) in [6, 6.07) is 1.81. The second kappa shape index (κ2) is 11.4. The lowest BCUT2D eigenvalue weighted by atomic mass is 9.99. The number of nitrogens with zero attached hydrogens (tertiary/aromatic N) is 3. The van der Waals surface area contributed by atoms with Crippen molar-refractivity contribution in [3.8, 4) is 17.2 Å². The van der Waals surface area contributed by atoms with Crippen LogP contribution in [0.3, 0.4) is 0 Å². The molecule has 2 aromatic heterocycles. The Hall–Kier alpha value is -3.00. The number of likely N-dealkylation sites (tertiary alicyclic amines) is 1. The minimum absolute atomic E-state index is 0.0536. The topological polar surface area (TPSA) is 79.0 Å². The molecule has 0 N–H and O–H groups in total. The first-order valence-corrected chi connectivity index (χ1v) is 12.3. The number of ether oxygens (including phenoxy) is 3. The Morgan fingerprint density at radius 3 is 2.65 bits per heavy atom. The van der Waals surface area contributed by atoms with E-state index in [9.17, 15) is 4.79 Å². The molecule has 1 aromatic carbocycles. The molecule has 3 heterocycles. The third kappa shape index (κ3) is 5.22. The van der Waals surface area contributed by atoms with Gasteiger partial charge in [0.1, 0.15) is 17.9 Å². The van der Waals surface area contributed by atoms with Crippen LogP contribution in [0.25, 0.3) is 11.0 Å². The highest BCUT2D eigenvalue weighted by Gasteiger charge is 2.29. The number of benzene rings is 1. The Balaban J connectivity index is 1.64. The average Bonchev–Trinajstić information content (AvgIpc) is 3.53. The summed E-state index contributed by atoms with van der Waals surface area (Å²) in [7, 11) is 1.57. The number of hydrogen-bond donors (Lipinski definition) is 0. The molecule has 1 aliphatic rings. The molecule has 1 fully saturated rings. The van der Waals surface area contributed by atoms with Crippen LogP contribution in [0.15, 0.2) is 29.1 Å². The first-order valence-electron chi connectivity index (χ1n) is 12.3. The van der Waals surface area contributed by atoms with Crippen molar-refractivity contribution in [3.63, 3.8) is 0 Å². The van der Waals surface area contributed by atoms with Gasteiger partial charge < -0.3 is 18.6 Å². The van der Waals surface area contributed by atoms with Crippen LogP contribution in [0.2, 0.25) is 0 Å². The van der Waals surface area contributed by atoms with Gasteiger partial charge in [-0.2, -0.15) is 5.10 Å². The number of methoxy groups -OCH3 is 1. The van der Waals surface area contributed by atoms with Crippen molar-refractivity contribution in [1.82, 2.24) is 14.7 Å². The number of carbonyl (C=O) groups excluding carboxylic acids is 1. The van der Waals surface area contributed by atoms with Crippen molar-refractivity contribution in [2.45, 2.75) is 52.5 Å². The molecular formula is C26H35N3O5. The van der Waals surface area contributed by atoms with Crippen LogP contribution >= 0.6 is 0 Å². The highest BCUT2D eigenvalue weighted by atomic mass is 16.5. The molecule has 34 heavy (non-hydrogen) atoms. The Morgan fingerprint density at radius 1 is 1.12 bits per heavy atom. The zero-order chi connectivity index (χ0) is 23.9. The molecule has 184 valence electrons. The van der Waals surface area contributed by atoms with Crippen LogP contribution < -0.4 is 14.2 Å². The maximum Gasteiger partial charge on any atom is 0.205 e. The van der Waals surface area contributed by atoms with E-state index >= 15 is 0 Å². The molecule has 0 bridgehead atoms. The van der Waals surface area contributed by atoms with Crippen molar-refractivity contribution in [1.29, 1.82) is 0 Å². The van der Waals surface area contributed by atoms with Gasteiger partial charge >= 0.3 is 0 Å². The number of Topliss-reactive ketones (excluding diaryl/α,β-unsaturated/α-hetero) is 1. The number of carbonyl (C=O) groups is 1. The predicted molar refractivity (Wildman–Crippen MR) is 130 cm³/mol. The third-order valence-electron chi connectivity index (χ3n) is 6.30. The van der Waals surface area contributed by atoms with Crippen LogP contribution in [0.4, 0.5) is 0 Å².